The standard InChI is InChI=1S/C11H15N5O3/c1-4-5-8(10(17)18)14-11(19)13-7(2)9-15-12-6-16(9)3/h1,6-8H,5H2,2-3H3,(H,17,18)(H2,13,14,19). The second-order valence-corrected chi connectivity index (χ2v) is 3.94. The van der Waals surface area contributed by atoms with Gasteiger partial charge in [-0.1, -0.05) is 0 Å². The molecule has 0 spiro atoms. The average molecular weight is 265 g/mol. The molecule has 0 aliphatic heterocycles. The maximum absolute atomic E-state index is 11.6. The molecule has 0 aliphatic rings. The smallest absolute Gasteiger partial charge is 0.327 e. The van der Waals surface area contributed by atoms with Gasteiger partial charge in [0.2, 0.25) is 0 Å². The zero-order valence-corrected chi connectivity index (χ0v) is 10.6. The van der Waals surface area contributed by atoms with Crippen LogP contribution in [0, 0.1) is 12.3 Å². The normalized spacial score (nSPS) is 13.1. The fourth-order valence-electron chi connectivity index (χ4n) is 1.46. The maximum Gasteiger partial charge on any atom is 0.327 e. The largest absolute Gasteiger partial charge is 0.480 e. The lowest BCUT2D eigenvalue weighted by molar-refractivity contribution is -0.139. The first-order valence-corrected chi connectivity index (χ1v) is 5.53. The summed E-state index contributed by atoms with van der Waals surface area (Å²) in [6, 6.07) is -2.15. The highest BCUT2D eigenvalue weighted by atomic mass is 16.4. The van der Waals surface area contributed by atoms with Crippen LogP contribution in [0.5, 0.6) is 0 Å². The third-order valence-electron chi connectivity index (χ3n) is 2.41. The number of aliphatic carboxylic acids is 1. The Bertz CT molecular complexity index is 505. The van der Waals surface area contributed by atoms with Crippen LogP contribution in [0.4, 0.5) is 4.79 Å². The van der Waals surface area contributed by atoms with Crippen LogP contribution in [0.1, 0.15) is 25.2 Å². The first-order valence-electron chi connectivity index (χ1n) is 5.53. The van der Waals surface area contributed by atoms with E-state index in [1.807, 2.05) is 0 Å². The van der Waals surface area contributed by atoms with Gasteiger partial charge in [-0.3, -0.25) is 0 Å². The topological polar surface area (TPSA) is 109 Å². The van der Waals surface area contributed by atoms with Crippen LogP contribution >= 0.6 is 0 Å². The Morgan fingerprint density at radius 2 is 2.26 bits per heavy atom. The lowest BCUT2D eigenvalue weighted by Gasteiger charge is -2.16. The number of hydrogen-bond acceptors (Lipinski definition) is 4. The molecule has 2 unspecified atom stereocenters. The molecule has 2 atom stereocenters. The van der Waals surface area contributed by atoms with Gasteiger partial charge in [-0.15, -0.1) is 22.5 Å². The molecular formula is C11H15N5O3. The summed E-state index contributed by atoms with van der Waals surface area (Å²) in [5, 5.41) is 21.2. The third-order valence-corrected chi connectivity index (χ3v) is 2.41. The van der Waals surface area contributed by atoms with E-state index in [2.05, 4.69) is 26.8 Å². The van der Waals surface area contributed by atoms with Crippen molar-refractivity contribution in [2.24, 2.45) is 7.05 Å². The predicted octanol–water partition coefficient (Wildman–Crippen LogP) is -0.348. The average Bonchev–Trinajstić information content (AvgIpc) is 2.74. The van der Waals surface area contributed by atoms with Crippen LogP contribution in [0.3, 0.4) is 0 Å². The van der Waals surface area contributed by atoms with Gasteiger partial charge in [-0.05, 0) is 6.92 Å². The van der Waals surface area contributed by atoms with E-state index >= 15 is 0 Å². The molecule has 102 valence electrons. The number of carboxylic acid groups (broad SMARTS) is 1. The number of aromatic nitrogens is 3. The second-order valence-electron chi connectivity index (χ2n) is 3.94. The summed E-state index contributed by atoms with van der Waals surface area (Å²) >= 11 is 0. The zero-order chi connectivity index (χ0) is 14.4. The van der Waals surface area contributed by atoms with Gasteiger partial charge in [0, 0.05) is 13.5 Å². The molecule has 2 amide bonds. The van der Waals surface area contributed by atoms with Crippen LogP contribution in [0.15, 0.2) is 6.33 Å². The number of terminal acetylenes is 1. The minimum Gasteiger partial charge on any atom is -0.480 e. The molecule has 19 heavy (non-hydrogen) atoms. The van der Waals surface area contributed by atoms with Crippen molar-refractivity contribution in [3.63, 3.8) is 0 Å². The number of aryl methyl sites for hydroxylation is 1. The van der Waals surface area contributed by atoms with E-state index < -0.39 is 24.1 Å². The lowest BCUT2D eigenvalue weighted by atomic mass is 10.2. The van der Waals surface area contributed by atoms with Crippen molar-refractivity contribution in [1.29, 1.82) is 0 Å². The van der Waals surface area contributed by atoms with E-state index in [4.69, 9.17) is 11.5 Å². The highest BCUT2D eigenvalue weighted by molar-refractivity contribution is 5.82. The Morgan fingerprint density at radius 1 is 1.58 bits per heavy atom. The van der Waals surface area contributed by atoms with Crippen LogP contribution in [-0.4, -0.2) is 37.9 Å². The highest BCUT2D eigenvalue weighted by Crippen LogP contribution is 2.06. The molecule has 0 saturated carbocycles. The number of nitrogens with one attached hydrogen (secondary N) is 2. The molecule has 0 aromatic carbocycles. The number of carbonyl (C=O) groups is 2. The van der Waals surface area contributed by atoms with Crippen molar-refractivity contribution in [3.8, 4) is 12.3 Å². The van der Waals surface area contributed by atoms with E-state index in [0.717, 1.165) is 0 Å². The Kier molecular flexibility index (Phi) is 4.88. The molecule has 1 aromatic heterocycles. The summed E-state index contributed by atoms with van der Waals surface area (Å²) in [6.45, 7) is 1.71. The van der Waals surface area contributed by atoms with Gasteiger partial charge in [-0.25, -0.2) is 9.59 Å². The number of urea groups is 1. The van der Waals surface area contributed by atoms with Crippen molar-refractivity contribution in [2.45, 2.75) is 25.4 Å². The summed E-state index contributed by atoms with van der Waals surface area (Å²) in [7, 11) is 1.74. The molecule has 1 aromatic rings. The zero-order valence-electron chi connectivity index (χ0n) is 10.6. The monoisotopic (exact) mass is 265 g/mol. The molecule has 0 saturated heterocycles. The van der Waals surface area contributed by atoms with Crippen LogP contribution in [0.2, 0.25) is 0 Å². The van der Waals surface area contributed by atoms with Gasteiger partial charge in [0.1, 0.15) is 12.4 Å². The van der Waals surface area contributed by atoms with E-state index in [9.17, 15) is 9.59 Å². The summed E-state index contributed by atoms with van der Waals surface area (Å²) in [4.78, 5) is 22.5. The third kappa shape index (κ3) is 3.99. The SMILES string of the molecule is C#CCC(NC(=O)NC(C)c1nncn1C)C(=O)O. The maximum atomic E-state index is 11.6. The van der Waals surface area contributed by atoms with Crippen LogP contribution < -0.4 is 10.6 Å². The fourth-order valence-corrected chi connectivity index (χ4v) is 1.46. The predicted molar refractivity (Wildman–Crippen MR) is 66.0 cm³/mol. The van der Waals surface area contributed by atoms with E-state index in [1.54, 1.807) is 18.5 Å². The first kappa shape index (κ1) is 14.5. The van der Waals surface area contributed by atoms with Crippen molar-refractivity contribution >= 4 is 12.0 Å². The lowest BCUT2D eigenvalue weighted by Crippen LogP contribution is -2.46. The van der Waals surface area contributed by atoms with Crippen molar-refractivity contribution in [1.82, 2.24) is 25.4 Å². The minimum absolute atomic E-state index is 0.0822. The van der Waals surface area contributed by atoms with Crippen molar-refractivity contribution < 1.29 is 14.7 Å². The van der Waals surface area contributed by atoms with Crippen molar-refractivity contribution in [2.75, 3.05) is 0 Å². The molecular weight excluding hydrogens is 250 g/mol. The molecule has 3 N–H and O–H groups in total. The van der Waals surface area contributed by atoms with Gasteiger partial charge in [-0.2, -0.15) is 0 Å². The molecule has 0 fully saturated rings. The van der Waals surface area contributed by atoms with Crippen molar-refractivity contribution in [3.05, 3.63) is 12.2 Å². The Morgan fingerprint density at radius 3 is 2.74 bits per heavy atom. The van der Waals surface area contributed by atoms with E-state index in [1.165, 1.54) is 6.33 Å². The van der Waals surface area contributed by atoms with Gasteiger partial charge in [0.15, 0.2) is 5.82 Å². The van der Waals surface area contributed by atoms with Gasteiger partial charge < -0.3 is 20.3 Å². The number of carbonyl (C=O) groups excluding carboxylic acids is 1. The van der Waals surface area contributed by atoms with E-state index in [0.29, 0.717) is 5.82 Å². The summed E-state index contributed by atoms with van der Waals surface area (Å²) in [5.74, 6) is 1.57. The minimum atomic E-state index is -1.18. The molecule has 8 heteroatoms. The molecule has 0 bridgehead atoms. The number of carboxylic acids is 1. The van der Waals surface area contributed by atoms with E-state index in [-0.39, 0.29) is 6.42 Å². The van der Waals surface area contributed by atoms with Crippen LogP contribution in [-0.2, 0) is 11.8 Å². The summed E-state index contributed by atoms with van der Waals surface area (Å²) in [5.41, 5.74) is 0. The molecule has 1 rings (SSSR count). The number of hydrogen-bond donors (Lipinski definition) is 3. The van der Waals surface area contributed by atoms with Crippen LogP contribution in [0.25, 0.3) is 0 Å². The Balaban J connectivity index is 2.58. The Hall–Kier alpha value is -2.56. The highest BCUT2D eigenvalue weighted by Gasteiger charge is 2.20. The quantitative estimate of drug-likeness (QED) is 0.630. The van der Waals surface area contributed by atoms with Gasteiger partial charge in [0.05, 0.1) is 6.04 Å². The number of amides is 2. The molecule has 8 nitrogen and oxygen atoms in total. The molecule has 1 heterocycles. The number of nitrogens with zero attached hydrogens (tertiary/aromatic N) is 3. The van der Waals surface area contributed by atoms with Gasteiger partial charge >= 0.3 is 12.0 Å². The first-order chi connectivity index (χ1) is 8.95. The number of rotatable bonds is 5. The molecule has 0 radical (unpaired) electrons. The summed E-state index contributed by atoms with van der Waals surface area (Å²) < 4.78 is 1.65. The second kappa shape index (κ2) is 6.39. The Labute approximate surface area is 110 Å². The molecule has 0 aliphatic carbocycles. The van der Waals surface area contributed by atoms with Gasteiger partial charge in [0.25, 0.3) is 0 Å². The summed E-state index contributed by atoms with van der Waals surface area (Å²) in [6.07, 6.45) is 6.46. The fraction of sp³-hybridized carbons (Fsp3) is 0.455.